The summed E-state index contributed by atoms with van der Waals surface area (Å²) in [6.45, 7) is 5.42. The summed E-state index contributed by atoms with van der Waals surface area (Å²) in [6.07, 6.45) is -4.48. The molecule has 0 aliphatic carbocycles. The number of aromatic nitrogens is 3. The van der Waals surface area contributed by atoms with Crippen LogP contribution in [0, 0.1) is 0 Å². The summed E-state index contributed by atoms with van der Waals surface area (Å²) in [5.74, 6) is 5.72. The maximum atomic E-state index is 12.7. The lowest BCUT2D eigenvalue weighted by molar-refractivity contribution is -0.137. The van der Waals surface area contributed by atoms with E-state index in [1.165, 1.54) is 12.1 Å². The number of nitrogens with two attached hydrogens (primary N) is 1. The molecule has 1 aromatic heterocycles. The lowest BCUT2D eigenvalue weighted by Crippen LogP contribution is -2.38. The third-order valence-electron chi connectivity index (χ3n) is 3.02. The van der Waals surface area contributed by atoms with Crippen molar-refractivity contribution in [2.24, 2.45) is 0 Å². The fourth-order valence-electron chi connectivity index (χ4n) is 1.90. The summed E-state index contributed by atoms with van der Waals surface area (Å²) >= 11 is 0. The van der Waals surface area contributed by atoms with Crippen molar-refractivity contribution < 1.29 is 13.2 Å². The molecule has 9 heteroatoms. The van der Waals surface area contributed by atoms with Crippen LogP contribution in [0.3, 0.4) is 0 Å². The van der Waals surface area contributed by atoms with Gasteiger partial charge in [-0.2, -0.15) is 13.2 Å². The maximum Gasteiger partial charge on any atom is 0.416 e. The van der Waals surface area contributed by atoms with E-state index in [4.69, 9.17) is 5.84 Å². The Labute approximate surface area is 130 Å². The molecule has 0 aliphatic rings. The minimum atomic E-state index is -4.48. The minimum Gasteiger partial charge on any atom is -0.335 e. The maximum absolute atomic E-state index is 12.7. The molecule has 1 aromatic carbocycles. The Morgan fingerprint density at radius 3 is 2.39 bits per heavy atom. The second-order valence-corrected chi connectivity index (χ2v) is 6.00. The second kappa shape index (κ2) is 5.56. The van der Waals surface area contributed by atoms with Gasteiger partial charge >= 0.3 is 11.7 Å². The number of anilines is 2. The van der Waals surface area contributed by atoms with Crippen LogP contribution in [-0.4, -0.2) is 14.9 Å². The zero-order valence-corrected chi connectivity index (χ0v) is 12.8. The number of hydrogen-bond acceptors (Lipinski definition) is 5. The van der Waals surface area contributed by atoms with Gasteiger partial charge in [0.2, 0.25) is 5.82 Å². The van der Waals surface area contributed by atoms with Crippen LogP contribution in [0.15, 0.2) is 29.1 Å². The van der Waals surface area contributed by atoms with Crippen LogP contribution in [-0.2, 0) is 11.6 Å². The van der Waals surface area contributed by atoms with Crippen LogP contribution >= 0.6 is 0 Å². The summed E-state index contributed by atoms with van der Waals surface area (Å²) in [7, 11) is 0. The lowest BCUT2D eigenvalue weighted by atomic mass is 9.96. The van der Waals surface area contributed by atoms with Crippen LogP contribution in [0.4, 0.5) is 24.7 Å². The number of alkyl halides is 3. The third kappa shape index (κ3) is 3.61. The Hall–Kier alpha value is -2.58. The molecule has 0 saturated carbocycles. The molecular weight excluding hydrogens is 311 g/mol. The zero-order chi connectivity index (χ0) is 17.4. The molecule has 2 aromatic rings. The molecule has 0 amide bonds. The molecule has 2 rings (SSSR count). The van der Waals surface area contributed by atoms with Crippen LogP contribution in [0.5, 0.6) is 0 Å². The van der Waals surface area contributed by atoms with Crippen molar-refractivity contribution in [2.75, 3.05) is 11.2 Å². The first-order valence-electron chi connectivity index (χ1n) is 6.70. The highest BCUT2D eigenvalue weighted by Gasteiger charge is 2.30. The van der Waals surface area contributed by atoms with E-state index in [-0.39, 0.29) is 17.3 Å². The molecule has 0 atom stereocenters. The van der Waals surface area contributed by atoms with Gasteiger partial charge in [-0.15, -0.1) is 10.2 Å². The predicted octanol–water partition coefficient (Wildman–Crippen LogP) is 2.41. The van der Waals surface area contributed by atoms with Crippen LogP contribution < -0.4 is 16.7 Å². The lowest BCUT2D eigenvalue weighted by Gasteiger charge is -2.19. The molecular formula is C14H16F3N5O. The van der Waals surface area contributed by atoms with Gasteiger partial charge in [-0.1, -0.05) is 26.8 Å². The molecule has 0 saturated heterocycles. The number of benzene rings is 1. The SMILES string of the molecule is CC(C)(C)c1nnc(Nc2cccc(C(F)(F)F)c2)c(=O)n1N. The smallest absolute Gasteiger partial charge is 0.335 e. The number of nitrogens with zero attached hydrogens (tertiary/aromatic N) is 3. The number of hydrogen-bond donors (Lipinski definition) is 2. The third-order valence-corrected chi connectivity index (χ3v) is 3.02. The summed E-state index contributed by atoms with van der Waals surface area (Å²) < 4.78 is 38.9. The highest BCUT2D eigenvalue weighted by atomic mass is 19.4. The number of nitrogens with one attached hydrogen (secondary N) is 1. The average molecular weight is 327 g/mol. The topological polar surface area (TPSA) is 85.8 Å². The zero-order valence-electron chi connectivity index (χ0n) is 12.8. The Kier molecular flexibility index (Phi) is 4.06. The summed E-state index contributed by atoms with van der Waals surface area (Å²) in [6, 6.07) is 4.42. The fraction of sp³-hybridized carbons (Fsp3) is 0.357. The highest BCUT2D eigenvalue weighted by molar-refractivity contribution is 5.56. The first-order chi connectivity index (χ1) is 10.5. The Morgan fingerprint density at radius 1 is 1.17 bits per heavy atom. The Balaban J connectivity index is 2.39. The van der Waals surface area contributed by atoms with E-state index in [1.54, 1.807) is 20.8 Å². The van der Waals surface area contributed by atoms with Crippen molar-refractivity contribution in [3.8, 4) is 0 Å². The van der Waals surface area contributed by atoms with Crippen molar-refractivity contribution in [3.63, 3.8) is 0 Å². The number of nitrogen functional groups attached to an aromatic ring is 1. The summed E-state index contributed by atoms with van der Waals surface area (Å²) in [5, 5.41) is 10.1. The molecule has 0 bridgehead atoms. The van der Waals surface area contributed by atoms with Gasteiger partial charge in [0.05, 0.1) is 5.56 Å². The number of halogens is 3. The average Bonchev–Trinajstić information content (AvgIpc) is 2.42. The normalized spacial score (nSPS) is 12.3. The van der Waals surface area contributed by atoms with E-state index in [1.807, 2.05) is 0 Å². The van der Waals surface area contributed by atoms with Gasteiger partial charge in [-0.3, -0.25) is 4.79 Å². The van der Waals surface area contributed by atoms with Gasteiger partial charge in [0.15, 0.2) is 5.82 Å². The number of rotatable bonds is 2. The van der Waals surface area contributed by atoms with Gasteiger partial charge in [0.25, 0.3) is 0 Å². The first kappa shape index (κ1) is 16.8. The summed E-state index contributed by atoms with van der Waals surface area (Å²) in [4.78, 5) is 12.2. The van der Waals surface area contributed by atoms with Crippen molar-refractivity contribution in [3.05, 3.63) is 46.0 Å². The molecule has 0 radical (unpaired) electrons. The second-order valence-electron chi connectivity index (χ2n) is 6.00. The molecule has 0 unspecified atom stereocenters. The Bertz CT molecular complexity index is 777. The standard InChI is InChI=1S/C14H16F3N5O/c1-13(2,3)12-21-20-10(11(23)22(12)18)19-9-6-4-5-8(7-9)14(15,16)17/h4-7H,18H2,1-3H3,(H,19,20). The predicted molar refractivity (Wildman–Crippen MR) is 79.9 cm³/mol. The molecule has 0 spiro atoms. The highest BCUT2D eigenvalue weighted by Crippen LogP contribution is 2.31. The molecule has 1 heterocycles. The van der Waals surface area contributed by atoms with E-state index < -0.39 is 22.7 Å². The fourth-order valence-corrected chi connectivity index (χ4v) is 1.90. The van der Waals surface area contributed by atoms with E-state index in [0.717, 1.165) is 16.8 Å². The van der Waals surface area contributed by atoms with E-state index in [9.17, 15) is 18.0 Å². The molecule has 3 N–H and O–H groups in total. The van der Waals surface area contributed by atoms with Gasteiger partial charge < -0.3 is 11.2 Å². The molecule has 6 nitrogen and oxygen atoms in total. The van der Waals surface area contributed by atoms with E-state index >= 15 is 0 Å². The molecule has 23 heavy (non-hydrogen) atoms. The minimum absolute atomic E-state index is 0.0646. The van der Waals surface area contributed by atoms with E-state index in [2.05, 4.69) is 15.5 Å². The van der Waals surface area contributed by atoms with Crippen molar-refractivity contribution in [1.82, 2.24) is 14.9 Å². The largest absolute Gasteiger partial charge is 0.416 e. The van der Waals surface area contributed by atoms with Gasteiger partial charge in [-0.05, 0) is 18.2 Å². The van der Waals surface area contributed by atoms with Crippen LogP contribution in [0.25, 0.3) is 0 Å². The van der Waals surface area contributed by atoms with Crippen molar-refractivity contribution in [1.29, 1.82) is 0 Å². The molecule has 0 aliphatic heterocycles. The Morgan fingerprint density at radius 2 is 1.83 bits per heavy atom. The van der Waals surface area contributed by atoms with Crippen molar-refractivity contribution >= 4 is 11.5 Å². The van der Waals surface area contributed by atoms with Gasteiger partial charge in [0.1, 0.15) is 0 Å². The van der Waals surface area contributed by atoms with E-state index in [0.29, 0.717) is 0 Å². The summed E-state index contributed by atoms with van der Waals surface area (Å²) in [5.41, 5.74) is -1.96. The quantitative estimate of drug-likeness (QED) is 0.827. The molecule has 124 valence electrons. The van der Waals surface area contributed by atoms with Crippen molar-refractivity contribution in [2.45, 2.75) is 32.4 Å². The van der Waals surface area contributed by atoms with Crippen LogP contribution in [0.2, 0.25) is 0 Å². The molecule has 0 fully saturated rings. The van der Waals surface area contributed by atoms with Gasteiger partial charge in [0, 0.05) is 11.1 Å². The van der Waals surface area contributed by atoms with Gasteiger partial charge in [-0.25, -0.2) is 4.68 Å². The first-order valence-corrected chi connectivity index (χ1v) is 6.70. The van der Waals surface area contributed by atoms with Crippen LogP contribution in [0.1, 0.15) is 32.2 Å². The monoisotopic (exact) mass is 327 g/mol.